The van der Waals surface area contributed by atoms with E-state index in [2.05, 4.69) is 9.97 Å². The molecule has 0 saturated heterocycles. The molecule has 0 atom stereocenters. The monoisotopic (exact) mass is 387 g/mol. The van der Waals surface area contributed by atoms with Gasteiger partial charge in [0.1, 0.15) is 23.1 Å². The maximum absolute atomic E-state index is 12.6. The minimum atomic E-state index is -4.39. The Morgan fingerprint density at radius 2 is 1.54 bits per heavy atom. The average Bonchev–Trinajstić information content (AvgIpc) is 2.63. The van der Waals surface area contributed by atoms with Crippen LogP contribution in [0.2, 0.25) is 0 Å². The Morgan fingerprint density at radius 3 is 2.04 bits per heavy atom. The molecule has 0 aliphatic carbocycles. The second kappa shape index (κ2) is 7.67. The lowest BCUT2D eigenvalue weighted by Gasteiger charge is -2.20. The largest absolute Gasteiger partial charge is 0.457 e. The van der Waals surface area contributed by atoms with Crippen molar-refractivity contribution in [1.82, 2.24) is 9.97 Å². The van der Waals surface area contributed by atoms with Gasteiger partial charge in [-0.1, -0.05) is 0 Å². The molecule has 0 bridgehead atoms. The first-order valence-corrected chi connectivity index (χ1v) is 8.29. The molecule has 144 valence electrons. The van der Waals surface area contributed by atoms with Gasteiger partial charge in [0.15, 0.2) is 0 Å². The number of benzene rings is 2. The highest BCUT2D eigenvalue weighted by molar-refractivity contribution is 5.98. The Bertz CT molecular complexity index is 971. The number of ether oxygens (including phenoxy) is 1. The fraction of sp³-hybridized carbons (Fsp3) is 0.150. The van der Waals surface area contributed by atoms with Gasteiger partial charge in [-0.2, -0.15) is 13.2 Å². The first-order valence-electron chi connectivity index (χ1n) is 8.29. The van der Waals surface area contributed by atoms with E-state index in [0.29, 0.717) is 23.1 Å². The Kier molecular flexibility index (Phi) is 5.30. The zero-order valence-corrected chi connectivity index (χ0v) is 15.1. The molecule has 0 N–H and O–H groups in total. The van der Waals surface area contributed by atoms with Gasteiger partial charge in [0, 0.05) is 13.1 Å². The minimum absolute atomic E-state index is 0.227. The van der Waals surface area contributed by atoms with E-state index >= 15 is 0 Å². The van der Waals surface area contributed by atoms with Crippen LogP contribution in [0, 0.1) is 6.92 Å². The highest BCUT2D eigenvalue weighted by Crippen LogP contribution is 2.32. The summed E-state index contributed by atoms with van der Waals surface area (Å²) in [6.45, 7) is 3.15. The third-order valence-electron chi connectivity index (χ3n) is 3.82. The topological polar surface area (TPSA) is 55.3 Å². The van der Waals surface area contributed by atoms with Crippen LogP contribution >= 0.6 is 0 Å². The lowest BCUT2D eigenvalue weighted by atomic mass is 10.2. The number of anilines is 2. The van der Waals surface area contributed by atoms with Crippen LogP contribution in [0.4, 0.5) is 24.7 Å². The number of halogens is 3. The smallest absolute Gasteiger partial charge is 0.416 e. The Balaban J connectivity index is 1.79. The van der Waals surface area contributed by atoms with Crippen molar-refractivity contribution in [3.05, 3.63) is 72.2 Å². The first-order chi connectivity index (χ1) is 13.2. The molecule has 0 aliphatic rings. The van der Waals surface area contributed by atoms with E-state index in [1.807, 2.05) is 0 Å². The summed E-state index contributed by atoms with van der Waals surface area (Å²) in [5, 5.41) is 0. The molecule has 0 spiro atoms. The predicted molar refractivity (Wildman–Crippen MR) is 97.5 cm³/mol. The minimum Gasteiger partial charge on any atom is -0.457 e. The van der Waals surface area contributed by atoms with E-state index in [4.69, 9.17) is 4.74 Å². The maximum atomic E-state index is 12.6. The van der Waals surface area contributed by atoms with Gasteiger partial charge in [-0.05, 0) is 61.5 Å². The van der Waals surface area contributed by atoms with Gasteiger partial charge in [0.05, 0.1) is 11.3 Å². The van der Waals surface area contributed by atoms with Crippen molar-refractivity contribution < 1.29 is 22.7 Å². The second-order valence-electron chi connectivity index (χ2n) is 5.93. The molecule has 28 heavy (non-hydrogen) atoms. The van der Waals surface area contributed by atoms with E-state index in [1.165, 1.54) is 24.0 Å². The molecular weight excluding hydrogens is 371 g/mol. The number of hydrogen-bond acceptors (Lipinski definition) is 4. The Hall–Kier alpha value is -3.42. The number of carbonyl (C=O) groups is 1. The average molecular weight is 387 g/mol. The number of rotatable bonds is 4. The van der Waals surface area contributed by atoms with Crippen molar-refractivity contribution in [2.45, 2.75) is 20.0 Å². The summed E-state index contributed by atoms with van der Waals surface area (Å²) in [7, 11) is 0. The highest BCUT2D eigenvalue weighted by atomic mass is 19.4. The van der Waals surface area contributed by atoms with Gasteiger partial charge in [0.25, 0.3) is 0 Å². The molecule has 0 radical (unpaired) electrons. The molecular formula is C20H16F3N3O2. The Morgan fingerprint density at radius 1 is 0.964 bits per heavy atom. The van der Waals surface area contributed by atoms with Crippen molar-refractivity contribution in [3.63, 3.8) is 0 Å². The predicted octanol–water partition coefficient (Wildman–Crippen LogP) is 5.28. The quantitative estimate of drug-likeness (QED) is 0.611. The molecule has 1 amide bonds. The van der Waals surface area contributed by atoms with Crippen LogP contribution in [-0.2, 0) is 11.0 Å². The van der Waals surface area contributed by atoms with Gasteiger partial charge in [0.2, 0.25) is 5.91 Å². The summed E-state index contributed by atoms with van der Waals surface area (Å²) in [4.78, 5) is 21.8. The molecule has 1 aromatic heterocycles. The first kappa shape index (κ1) is 19.3. The van der Waals surface area contributed by atoms with Crippen molar-refractivity contribution in [3.8, 4) is 11.5 Å². The van der Waals surface area contributed by atoms with Crippen LogP contribution in [0.3, 0.4) is 0 Å². The van der Waals surface area contributed by atoms with Gasteiger partial charge < -0.3 is 4.74 Å². The van der Waals surface area contributed by atoms with Crippen molar-refractivity contribution in [2.75, 3.05) is 4.90 Å². The van der Waals surface area contributed by atoms with E-state index < -0.39 is 11.7 Å². The van der Waals surface area contributed by atoms with Crippen LogP contribution in [0.5, 0.6) is 11.5 Å². The van der Waals surface area contributed by atoms with Crippen molar-refractivity contribution >= 4 is 17.4 Å². The van der Waals surface area contributed by atoms with E-state index in [1.54, 1.807) is 43.5 Å². The lowest BCUT2D eigenvalue weighted by molar-refractivity contribution is -0.137. The van der Waals surface area contributed by atoms with Crippen LogP contribution in [-0.4, -0.2) is 15.9 Å². The molecule has 3 rings (SSSR count). The van der Waals surface area contributed by atoms with Crippen LogP contribution in [0.25, 0.3) is 0 Å². The van der Waals surface area contributed by atoms with E-state index in [-0.39, 0.29) is 11.7 Å². The summed E-state index contributed by atoms with van der Waals surface area (Å²) in [6, 6.07) is 12.6. The lowest BCUT2D eigenvalue weighted by Crippen LogP contribution is -2.24. The summed E-state index contributed by atoms with van der Waals surface area (Å²) < 4.78 is 43.4. The zero-order valence-electron chi connectivity index (χ0n) is 15.1. The fourth-order valence-corrected chi connectivity index (χ4v) is 2.55. The number of amides is 1. The third kappa shape index (κ3) is 4.46. The molecule has 1 heterocycles. The zero-order chi connectivity index (χ0) is 20.3. The normalized spacial score (nSPS) is 11.2. The summed E-state index contributed by atoms with van der Waals surface area (Å²) in [5.74, 6) is 1.44. The number of hydrogen-bond donors (Lipinski definition) is 0. The molecule has 8 heteroatoms. The molecule has 5 nitrogen and oxygen atoms in total. The van der Waals surface area contributed by atoms with Gasteiger partial charge >= 0.3 is 6.18 Å². The van der Waals surface area contributed by atoms with Crippen molar-refractivity contribution in [1.29, 1.82) is 0 Å². The second-order valence-corrected chi connectivity index (χ2v) is 5.93. The third-order valence-corrected chi connectivity index (χ3v) is 3.82. The number of alkyl halides is 3. The number of carbonyl (C=O) groups excluding carboxylic acids is 1. The standard InChI is InChI=1S/C20H16F3N3O2/c1-13-24-12-11-19(25-13)26(14(2)27)16-5-9-18(10-6-16)28-17-7-3-15(4-8-17)20(21,22)23/h3-12H,1-2H3. The molecule has 2 aromatic carbocycles. The molecule has 0 saturated carbocycles. The molecule has 3 aromatic rings. The molecule has 0 aliphatic heterocycles. The fourth-order valence-electron chi connectivity index (χ4n) is 2.55. The highest BCUT2D eigenvalue weighted by Gasteiger charge is 2.30. The number of nitrogens with zero attached hydrogens (tertiary/aromatic N) is 3. The molecule has 0 unspecified atom stereocenters. The number of aromatic nitrogens is 2. The van der Waals surface area contributed by atoms with Gasteiger partial charge in [-0.25, -0.2) is 9.97 Å². The SMILES string of the molecule is CC(=O)N(c1ccc(Oc2ccc(C(F)(F)F)cc2)cc1)c1ccnc(C)n1. The number of aryl methyl sites for hydroxylation is 1. The van der Waals surface area contributed by atoms with Gasteiger partial charge in [-0.15, -0.1) is 0 Å². The van der Waals surface area contributed by atoms with Crippen LogP contribution < -0.4 is 9.64 Å². The summed E-state index contributed by atoms with van der Waals surface area (Å²) in [5.41, 5.74) is -0.169. The summed E-state index contributed by atoms with van der Waals surface area (Å²) >= 11 is 0. The van der Waals surface area contributed by atoms with Crippen LogP contribution in [0.1, 0.15) is 18.3 Å². The van der Waals surface area contributed by atoms with Crippen molar-refractivity contribution in [2.24, 2.45) is 0 Å². The van der Waals surface area contributed by atoms with Gasteiger partial charge in [-0.3, -0.25) is 9.69 Å². The maximum Gasteiger partial charge on any atom is 0.416 e. The van der Waals surface area contributed by atoms with E-state index in [0.717, 1.165) is 12.1 Å². The molecule has 0 fully saturated rings. The Labute approximate surface area is 159 Å². The summed E-state index contributed by atoms with van der Waals surface area (Å²) in [6.07, 6.45) is -2.83. The van der Waals surface area contributed by atoms with E-state index in [9.17, 15) is 18.0 Å². The van der Waals surface area contributed by atoms with Crippen LogP contribution in [0.15, 0.2) is 60.8 Å².